The summed E-state index contributed by atoms with van der Waals surface area (Å²) in [5, 5.41) is 12.1. The van der Waals surface area contributed by atoms with Gasteiger partial charge in [0.2, 0.25) is 5.91 Å². The van der Waals surface area contributed by atoms with Crippen LogP contribution in [0.1, 0.15) is 6.42 Å². The van der Waals surface area contributed by atoms with Gasteiger partial charge in [0.1, 0.15) is 0 Å². The molecule has 1 fully saturated rings. The van der Waals surface area contributed by atoms with Crippen LogP contribution >= 0.6 is 0 Å². The summed E-state index contributed by atoms with van der Waals surface area (Å²) in [6, 6.07) is 7.03. The molecule has 17 heavy (non-hydrogen) atoms. The fourth-order valence-electron chi connectivity index (χ4n) is 1.93. The van der Waals surface area contributed by atoms with Crippen LogP contribution in [0, 0.1) is 0 Å². The number of nitrogen functional groups attached to an aromatic ring is 1. The quantitative estimate of drug-likeness (QED) is 0.657. The van der Waals surface area contributed by atoms with E-state index in [1.54, 1.807) is 24.3 Å². The molecule has 0 spiro atoms. The second-order valence-corrected chi connectivity index (χ2v) is 4.35. The number of amides is 1. The molecule has 1 aromatic rings. The van der Waals surface area contributed by atoms with Crippen molar-refractivity contribution < 1.29 is 9.90 Å². The molecule has 0 bridgehead atoms. The minimum atomic E-state index is -0.292. The largest absolute Gasteiger partial charge is 0.399 e. The van der Waals surface area contributed by atoms with Gasteiger partial charge in [0.25, 0.3) is 0 Å². The Kier molecular flexibility index (Phi) is 3.61. The SMILES string of the molecule is Nc1ccc(NC(=O)CN2CCC(O)C2)cc1. The first kappa shape index (κ1) is 11.9. The van der Waals surface area contributed by atoms with Gasteiger partial charge in [-0.3, -0.25) is 9.69 Å². The standard InChI is InChI=1S/C12H17N3O2/c13-9-1-3-10(4-2-9)14-12(17)8-15-6-5-11(16)7-15/h1-4,11,16H,5-8,13H2,(H,14,17). The van der Waals surface area contributed by atoms with E-state index in [1.807, 2.05) is 4.90 Å². The number of β-amino-alcohol motifs (C(OH)–C–C–N with tert-alkyl or cyclic N) is 1. The Hall–Kier alpha value is -1.59. The van der Waals surface area contributed by atoms with Gasteiger partial charge in [-0.05, 0) is 30.7 Å². The molecule has 2 rings (SSSR count). The highest BCUT2D eigenvalue weighted by molar-refractivity contribution is 5.92. The average Bonchev–Trinajstić information content (AvgIpc) is 2.67. The van der Waals surface area contributed by atoms with Crippen molar-refractivity contribution in [2.45, 2.75) is 12.5 Å². The monoisotopic (exact) mass is 235 g/mol. The van der Waals surface area contributed by atoms with Crippen LogP contribution in [0.3, 0.4) is 0 Å². The molecule has 0 aliphatic carbocycles. The van der Waals surface area contributed by atoms with E-state index in [-0.39, 0.29) is 12.0 Å². The van der Waals surface area contributed by atoms with Gasteiger partial charge in [-0.15, -0.1) is 0 Å². The van der Waals surface area contributed by atoms with Crippen molar-refractivity contribution in [3.05, 3.63) is 24.3 Å². The molecule has 1 saturated heterocycles. The number of carbonyl (C=O) groups excluding carboxylic acids is 1. The molecule has 4 N–H and O–H groups in total. The molecule has 1 aliphatic heterocycles. The summed E-state index contributed by atoms with van der Waals surface area (Å²) in [5.41, 5.74) is 6.97. The molecular weight excluding hydrogens is 218 g/mol. The zero-order chi connectivity index (χ0) is 12.3. The summed E-state index contributed by atoms with van der Waals surface area (Å²) in [6.45, 7) is 1.67. The maximum atomic E-state index is 11.7. The summed E-state index contributed by atoms with van der Waals surface area (Å²) in [7, 11) is 0. The van der Waals surface area contributed by atoms with E-state index in [9.17, 15) is 9.90 Å². The van der Waals surface area contributed by atoms with E-state index in [2.05, 4.69) is 5.32 Å². The normalized spacial score (nSPS) is 20.4. The zero-order valence-corrected chi connectivity index (χ0v) is 9.60. The lowest BCUT2D eigenvalue weighted by molar-refractivity contribution is -0.117. The minimum Gasteiger partial charge on any atom is -0.399 e. The smallest absolute Gasteiger partial charge is 0.238 e. The van der Waals surface area contributed by atoms with Gasteiger partial charge in [0.05, 0.1) is 12.6 Å². The number of nitrogens with two attached hydrogens (primary N) is 1. The van der Waals surface area contributed by atoms with Crippen LogP contribution in [0.2, 0.25) is 0 Å². The lowest BCUT2D eigenvalue weighted by Gasteiger charge is -2.14. The lowest BCUT2D eigenvalue weighted by Crippen LogP contribution is -2.32. The molecule has 5 heteroatoms. The predicted octanol–water partition coefficient (Wildman–Crippen LogP) is 0.274. The molecule has 1 unspecified atom stereocenters. The Morgan fingerprint density at radius 2 is 2.18 bits per heavy atom. The van der Waals surface area contributed by atoms with Crippen LogP contribution in [0.25, 0.3) is 0 Å². The van der Waals surface area contributed by atoms with E-state index in [1.165, 1.54) is 0 Å². The van der Waals surface area contributed by atoms with Crippen LogP contribution in [-0.4, -0.2) is 41.7 Å². The zero-order valence-electron chi connectivity index (χ0n) is 9.60. The Morgan fingerprint density at radius 3 is 2.76 bits per heavy atom. The van der Waals surface area contributed by atoms with Crippen molar-refractivity contribution >= 4 is 17.3 Å². The van der Waals surface area contributed by atoms with Gasteiger partial charge >= 0.3 is 0 Å². The highest BCUT2D eigenvalue weighted by atomic mass is 16.3. The maximum absolute atomic E-state index is 11.7. The van der Waals surface area contributed by atoms with Gasteiger partial charge in [0.15, 0.2) is 0 Å². The number of anilines is 2. The summed E-state index contributed by atoms with van der Waals surface area (Å²) in [5.74, 6) is -0.0659. The van der Waals surface area contributed by atoms with Gasteiger partial charge in [-0.2, -0.15) is 0 Å². The van der Waals surface area contributed by atoms with Crippen molar-refractivity contribution in [2.24, 2.45) is 0 Å². The predicted molar refractivity (Wildman–Crippen MR) is 66.5 cm³/mol. The Bertz CT molecular complexity index is 391. The fourth-order valence-corrected chi connectivity index (χ4v) is 1.93. The summed E-state index contributed by atoms with van der Waals surface area (Å²) in [4.78, 5) is 13.6. The molecule has 1 atom stereocenters. The van der Waals surface area contributed by atoms with Gasteiger partial charge in [-0.25, -0.2) is 0 Å². The number of rotatable bonds is 3. The third-order valence-electron chi connectivity index (χ3n) is 2.81. The topological polar surface area (TPSA) is 78.6 Å². The minimum absolute atomic E-state index is 0.0659. The molecule has 92 valence electrons. The third-order valence-corrected chi connectivity index (χ3v) is 2.81. The van der Waals surface area contributed by atoms with E-state index in [0.717, 1.165) is 18.7 Å². The van der Waals surface area contributed by atoms with Gasteiger partial charge < -0.3 is 16.2 Å². The second-order valence-electron chi connectivity index (χ2n) is 4.35. The maximum Gasteiger partial charge on any atom is 0.238 e. The van der Waals surface area contributed by atoms with Gasteiger partial charge in [0, 0.05) is 24.5 Å². The van der Waals surface area contributed by atoms with Crippen LogP contribution in [0.4, 0.5) is 11.4 Å². The van der Waals surface area contributed by atoms with Crippen molar-refractivity contribution in [3.8, 4) is 0 Å². The number of hydrogen-bond acceptors (Lipinski definition) is 4. The number of benzene rings is 1. The average molecular weight is 235 g/mol. The number of hydrogen-bond donors (Lipinski definition) is 3. The number of aliphatic hydroxyl groups excluding tert-OH is 1. The first-order valence-electron chi connectivity index (χ1n) is 5.69. The van der Waals surface area contributed by atoms with Crippen molar-refractivity contribution in [1.82, 2.24) is 4.90 Å². The van der Waals surface area contributed by atoms with Crippen LogP contribution in [0.15, 0.2) is 24.3 Å². The molecule has 0 saturated carbocycles. The van der Waals surface area contributed by atoms with E-state index in [0.29, 0.717) is 18.8 Å². The number of carbonyl (C=O) groups is 1. The summed E-state index contributed by atoms with van der Waals surface area (Å²) >= 11 is 0. The van der Waals surface area contributed by atoms with Crippen molar-refractivity contribution in [3.63, 3.8) is 0 Å². The Morgan fingerprint density at radius 1 is 1.47 bits per heavy atom. The second kappa shape index (κ2) is 5.16. The molecule has 1 amide bonds. The van der Waals surface area contributed by atoms with E-state index >= 15 is 0 Å². The molecule has 0 radical (unpaired) electrons. The number of likely N-dealkylation sites (tertiary alicyclic amines) is 1. The summed E-state index contributed by atoms with van der Waals surface area (Å²) in [6.07, 6.45) is 0.453. The van der Waals surface area contributed by atoms with Crippen molar-refractivity contribution in [2.75, 3.05) is 30.7 Å². The highest BCUT2D eigenvalue weighted by Gasteiger charge is 2.21. The van der Waals surface area contributed by atoms with E-state index < -0.39 is 0 Å². The molecular formula is C12H17N3O2. The van der Waals surface area contributed by atoms with Crippen molar-refractivity contribution in [1.29, 1.82) is 0 Å². The molecule has 5 nitrogen and oxygen atoms in total. The Labute approximate surface area is 100 Å². The fraction of sp³-hybridized carbons (Fsp3) is 0.417. The molecule has 0 aromatic heterocycles. The summed E-state index contributed by atoms with van der Waals surface area (Å²) < 4.78 is 0. The lowest BCUT2D eigenvalue weighted by atomic mass is 10.3. The number of nitrogens with one attached hydrogen (secondary N) is 1. The number of aliphatic hydroxyl groups is 1. The van der Waals surface area contributed by atoms with E-state index in [4.69, 9.17) is 5.73 Å². The van der Waals surface area contributed by atoms with Gasteiger partial charge in [-0.1, -0.05) is 0 Å². The first-order valence-corrected chi connectivity index (χ1v) is 5.69. The van der Waals surface area contributed by atoms with Crippen LogP contribution in [0.5, 0.6) is 0 Å². The molecule has 1 aliphatic rings. The van der Waals surface area contributed by atoms with Crippen LogP contribution < -0.4 is 11.1 Å². The number of nitrogens with zero attached hydrogens (tertiary/aromatic N) is 1. The highest BCUT2D eigenvalue weighted by Crippen LogP contribution is 2.11. The molecule has 1 heterocycles. The first-order chi connectivity index (χ1) is 8.13. The van der Waals surface area contributed by atoms with Crippen LogP contribution in [-0.2, 0) is 4.79 Å². The molecule has 1 aromatic carbocycles. The third kappa shape index (κ3) is 3.44. The Balaban J connectivity index is 1.83.